The highest BCUT2D eigenvalue weighted by Crippen LogP contribution is 2.03. The van der Waals surface area contributed by atoms with E-state index in [1.165, 1.54) is 0 Å². The van der Waals surface area contributed by atoms with E-state index in [4.69, 9.17) is 9.84 Å². The highest BCUT2D eigenvalue weighted by Gasteiger charge is 2.19. The molecule has 1 saturated heterocycles. The molecule has 20 heavy (non-hydrogen) atoms. The number of carbonyl (C=O) groups excluding carboxylic acids is 1. The fraction of sp³-hybridized carbons (Fsp3) is 0.846. The number of nitrogens with zero attached hydrogens (tertiary/aromatic N) is 1. The van der Waals surface area contributed by atoms with Gasteiger partial charge in [0.15, 0.2) is 0 Å². The Morgan fingerprint density at radius 1 is 1.45 bits per heavy atom. The zero-order valence-electron chi connectivity index (χ0n) is 12.2. The minimum absolute atomic E-state index is 0.0207. The van der Waals surface area contributed by atoms with Crippen molar-refractivity contribution in [3.63, 3.8) is 0 Å². The van der Waals surface area contributed by atoms with Crippen LogP contribution in [0.3, 0.4) is 0 Å². The Kier molecular flexibility index (Phi) is 7.32. The van der Waals surface area contributed by atoms with E-state index in [9.17, 15) is 9.59 Å². The molecule has 2 unspecified atom stereocenters. The van der Waals surface area contributed by atoms with Crippen molar-refractivity contribution in [2.24, 2.45) is 5.92 Å². The zero-order valence-corrected chi connectivity index (χ0v) is 12.2. The van der Waals surface area contributed by atoms with Crippen molar-refractivity contribution in [1.29, 1.82) is 0 Å². The lowest BCUT2D eigenvalue weighted by atomic mass is 10.1. The third-order valence-corrected chi connectivity index (χ3v) is 3.44. The number of rotatable bonds is 7. The number of ether oxygens (including phenoxy) is 1. The van der Waals surface area contributed by atoms with Gasteiger partial charge in [-0.3, -0.25) is 9.69 Å². The van der Waals surface area contributed by atoms with Crippen LogP contribution in [0.4, 0.5) is 4.79 Å². The summed E-state index contributed by atoms with van der Waals surface area (Å²) in [5.74, 6) is -1.29. The van der Waals surface area contributed by atoms with Gasteiger partial charge in [-0.1, -0.05) is 13.8 Å². The quantitative estimate of drug-likeness (QED) is 0.618. The summed E-state index contributed by atoms with van der Waals surface area (Å²) in [7, 11) is 0. The maximum Gasteiger partial charge on any atom is 0.314 e. The first kappa shape index (κ1) is 16.7. The summed E-state index contributed by atoms with van der Waals surface area (Å²) in [5, 5.41) is 14.1. The number of nitrogens with one attached hydrogen (secondary N) is 2. The summed E-state index contributed by atoms with van der Waals surface area (Å²) in [6, 6.07) is -0.278. The molecular weight excluding hydrogens is 262 g/mol. The molecule has 1 rings (SSSR count). The fourth-order valence-corrected chi connectivity index (χ4v) is 1.99. The van der Waals surface area contributed by atoms with Crippen molar-refractivity contribution in [3.8, 4) is 0 Å². The number of morpholine rings is 1. The number of likely N-dealkylation sites (N-methyl/N-ethyl adjacent to an activating group) is 1. The van der Waals surface area contributed by atoms with Crippen LogP contribution in [0, 0.1) is 5.92 Å². The third kappa shape index (κ3) is 6.21. The van der Waals surface area contributed by atoms with Crippen molar-refractivity contribution in [2.45, 2.75) is 26.4 Å². The number of hydrogen-bond acceptors (Lipinski definition) is 4. The van der Waals surface area contributed by atoms with Crippen LogP contribution < -0.4 is 10.6 Å². The van der Waals surface area contributed by atoms with Gasteiger partial charge in [0, 0.05) is 26.2 Å². The molecule has 2 atom stereocenters. The zero-order chi connectivity index (χ0) is 15.0. The lowest BCUT2D eigenvalue weighted by molar-refractivity contribution is -0.141. The van der Waals surface area contributed by atoms with Crippen molar-refractivity contribution in [3.05, 3.63) is 0 Å². The molecule has 116 valence electrons. The second-order valence-electron chi connectivity index (χ2n) is 5.05. The number of amides is 2. The monoisotopic (exact) mass is 287 g/mol. The van der Waals surface area contributed by atoms with E-state index in [0.29, 0.717) is 26.1 Å². The molecule has 1 aliphatic rings. The molecule has 0 saturated carbocycles. The summed E-state index contributed by atoms with van der Waals surface area (Å²) in [4.78, 5) is 24.4. The molecule has 0 radical (unpaired) electrons. The molecule has 0 aromatic carbocycles. The Morgan fingerprint density at radius 3 is 2.85 bits per heavy atom. The van der Waals surface area contributed by atoms with E-state index in [2.05, 4.69) is 22.5 Å². The van der Waals surface area contributed by atoms with Gasteiger partial charge in [-0.05, 0) is 13.0 Å². The van der Waals surface area contributed by atoms with Crippen LogP contribution in [-0.4, -0.2) is 67.4 Å². The largest absolute Gasteiger partial charge is 0.481 e. The van der Waals surface area contributed by atoms with Gasteiger partial charge in [-0.15, -0.1) is 0 Å². The molecule has 2 amide bonds. The highest BCUT2D eigenvalue weighted by molar-refractivity contribution is 5.74. The maximum absolute atomic E-state index is 11.5. The molecular formula is C13H25N3O4. The minimum Gasteiger partial charge on any atom is -0.481 e. The number of carboxylic acids is 1. The van der Waals surface area contributed by atoms with Crippen LogP contribution in [0.25, 0.3) is 0 Å². The van der Waals surface area contributed by atoms with Gasteiger partial charge in [0.1, 0.15) is 0 Å². The van der Waals surface area contributed by atoms with Crippen molar-refractivity contribution in [2.75, 3.05) is 39.3 Å². The van der Waals surface area contributed by atoms with Gasteiger partial charge in [0.25, 0.3) is 0 Å². The van der Waals surface area contributed by atoms with E-state index in [0.717, 1.165) is 19.6 Å². The van der Waals surface area contributed by atoms with Crippen molar-refractivity contribution >= 4 is 12.0 Å². The molecule has 1 aliphatic heterocycles. The summed E-state index contributed by atoms with van der Waals surface area (Å²) < 4.78 is 5.57. The smallest absolute Gasteiger partial charge is 0.314 e. The SMILES string of the molecule is CCN1CCOC(CNC(=O)NCCC(C)C(=O)O)C1. The highest BCUT2D eigenvalue weighted by atomic mass is 16.5. The van der Waals surface area contributed by atoms with Gasteiger partial charge in [0.05, 0.1) is 18.6 Å². The number of carboxylic acid groups (broad SMARTS) is 1. The van der Waals surface area contributed by atoms with Gasteiger partial charge in [0.2, 0.25) is 0 Å². The average molecular weight is 287 g/mol. The molecule has 0 bridgehead atoms. The van der Waals surface area contributed by atoms with E-state index in [1.807, 2.05) is 0 Å². The fourth-order valence-electron chi connectivity index (χ4n) is 1.99. The Morgan fingerprint density at radius 2 is 2.20 bits per heavy atom. The minimum atomic E-state index is -0.845. The van der Waals surface area contributed by atoms with Crippen molar-refractivity contribution in [1.82, 2.24) is 15.5 Å². The predicted octanol–water partition coefficient (Wildman–Crippen LogP) is 0.117. The van der Waals surface area contributed by atoms with Gasteiger partial charge >= 0.3 is 12.0 Å². The van der Waals surface area contributed by atoms with Crippen LogP contribution in [0.15, 0.2) is 0 Å². The molecule has 1 heterocycles. The summed E-state index contributed by atoms with van der Waals surface area (Å²) in [5.41, 5.74) is 0. The van der Waals surface area contributed by atoms with Crippen LogP contribution >= 0.6 is 0 Å². The molecule has 1 fully saturated rings. The predicted molar refractivity (Wildman–Crippen MR) is 74.7 cm³/mol. The van der Waals surface area contributed by atoms with E-state index >= 15 is 0 Å². The Hall–Kier alpha value is -1.34. The lowest BCUT2D eigenvalue weighted by Gasteiger charge is -2.32. The number of carbonyl (C=O) groups is 2. The number of hydrogen-bond donors (Lipinski definition) is 3. The first-order chi connectivity index (χ1) is 9.52. The molecule has 0 aromatic heterocycles. The Bertz CT molecular complexity index is 325. The molecule has 0 spiro atoms. The van der Waals surface area contributed by atoms with Crippen LogP contribution in [0.2, 0.25) is 0 Å². The second-order valence-corrected chi connectivity index (χ2v) is 5.05. The molecule has 0 aliphatic carbocycles. The summed E-state index contributed by atoms with van der Waals surface area (Å²) in [6.07, 6.45) is 0.444. The molecule has 7 nitrogen and oxygen atoms in total. The average Bonchev–Trinajstić information content (AvgIpc) is 2.45. The van der Waals surface area contributed by atoms with E-state index in [1.54, 1.807) is 6.92 Å². The topological polar surface area (TPSA) is 90.9 Å². The summed E-state index contributed by atoms with van der Waals surface area (Å²) >= 11 is 0. The second kappa shape index (κ2) is 8.76. The standard InChI is InChI=1S/C13H25N3O4/c1-3-16-6-7-20-11(9-16)8-15-13(19)14-5-4-10(2)12(17)18/h10-11H,3-9H2,1-2H3,(H,17,18)(H2,14,15,19). The third-order valence-electron chi connectivity index (χ3n) is 3.44. The van der Waals surface area contributed by atoms with Crippen LogP contribution in [-0.2, 0) is 9.53 Å². The summed E-state index contributed by atoms with van der Waals surface area (Å²) in [6.45, 7) is 7.99. The number of aliphatic carboxylic acids is 1. The van der Waals surface area contributed by atoms with Crippen LogP contribution in [0.5, 0.6) is 0 Å². The molecule has 3 N–H and O–H groups in total. The first-order valence-electron chi connectivity index (χ1n) is 7.11. The van der Waals surface area contributed by atoms with Gasteiger partial charge in [-0.2, -0.15) is 0 Å². The number of urea groups is 1. The first-order valence-corrected chi connectivity index (χ1v) is 7.11. The van der Waals surface area contributed by atoms with Gasteiger partial charge in [-0.25, -0.2) is 4.79 Å². The van der Waals surface area contributed by atoms with E-state index < -0.39 is 11.9 Å². The normalized spacial score (nSPS) is 21.2. The van der Waals surface area contributed by atoms with Crippen molar-refractivity contribution < 1.29 is 19.4 Å². The Labute approximate surface area is 119 Å². The van der Waals surface area contributed by atoms with Crippen LogP contribution in [0.1, 0.15) is 20.3 Å². The molecule has 0 aromatic rings. The van der Waals surface area contributed by atoms with Gasteiger partial charge < -0.3 is 20.5 Å². The van der Waals surface area contributed by atoms with E-state index in [-0.39, 0.29) is 12.1 Å². The Balaban J connectivity index is 2.12. The lowest BCUT2D eigenvalue weighted by Crippen LogP contribution is -2.49. The maximum atomic E-state index is 11.5. The molecule has 7 heteroatoms.